The summed E-state index contributed by atoms with van der Waals surface area (Å²) < 4.78 is 13.2. The molecular formula is C12H7FN2O. The Labute approximate surface area is 90.8 Å². The Kier molecular flexibility index (Phi) is 2.52. The number of hydrogen-bond acceptors (Lipinski definition) is 2. The molecule has 2 aromatic rings. The maximum atomic E-state index is 13.2. The van der Waals surface area contributed by atoms with Crippen LogP contribution in [-0.2, 0) is 0 Å². The molecule has 1 aromatic carbocycles. The number of halogens is 1. The van der Waals surface area contributed by atoms with Gasteiger partial charge in [-0.05, 0) is 24.3 Å². The van der Waals surface area contributed by atoms with Crippen LogP contribution < -0.4 is 5.56 Å². The van der Waals surface area contributed by atoms with E-state index in [1.54, 1.807) is 12.1 Å². The third kappa shape index (κ3) is 1.98. The fraction of sp³-hybridized carbons (Fsp3) is 0. The third-order valence-electron chi connectivity index (χ3n) is 2.11. The van der Waals surface area contributed by atoms with E-state index < -0.39 is 5.82 Å². The number of aromatic amines is 1. The van der Waals surface area contributed by atoms with Crippen molar-refractivity contribution in [3.63, 3.8) is 0 Å². The number of H-pyrrole nitrogens is 1. The molecule has 0 aliphatic rings. The Morgan fingerprint density at radius 1 is 1.25 bits per heavy atom. The lowest BCUT2D eigenvalue weighted by molar-refractivity contribution is 0.628. The summed E-state index contributed by atoms with van der Waals surface area (Å²) in [6.45, 7) is 0. The molecule has 1 aromatic heterocycles. The summed E-state index contributed by atoms with van der Waals surface area (Å²) in [5.41, 5.74) is 0.928. The highest BCUT2D eigenvalue weighted by molar-refractivity contribution is 5.61. The van der Waals surface area contributed by atoms with Gasteiger partial charge in [-0.15, -0.1) is 0 Å². The van der Waals surface area contributed by atoms with Gasteiger partial charge in [-0.25, -0.2) is 4.39 Å². The predicted molar refractivity (Wildman–Crippen MR) is 57.2 cm³/mol. The van der Waals surface area contributed by atoms with Crippen LogP contribution in [0.5, 0.6) is 0 Å². The average molecular weight is 214 g/mol. The summed E-state index contributed by atoms with van der Waals surface area (Å²) in [6, 6.07) is 10.4. The van der Waals surface area contributed by atoms with Crippen LogP contribution in [-0.4, -0.2) is 4.98 Å². The van der Waals surface area contributed by atoms with E-state index in [-0.39, 0.29) is 11.1 Å². The lowest BCUT2D eigenvalue weighted by Crippen LogP contribution is -2.03. The molecule has 3 nitrogen and oxygen atoms in total. The van der Waals surface area contributed by atoms with Crippen LogP contribution in [0.3, 0.4) is 0 Å². The van der Waals surface area contributed by atoms with Crippen molar-refractivity contribution < 1.29 is 4.39 Å². The first-order valence-electron chi connectivity index (χ1n) is 4.59. The Bertz CT molecular complexity index is 625. The first kappa shape index (κ1) is 10.1. The zero-order valence-corrected chi connectivity index (χ0v) is 8.20. The number of nitrogens with zero attached hydrogens (tertiary/aromatic N) is 1. The van der Waals surface area contributed by atoms with Crippen molar-refractivity contribution in [1.29, 1.82) is 5.26 Å². The Morgan fingerprint density at radius 2 is 2.06 bits per heavy atom. The van der Waals surface area contributed by atoms with E-state index in [0.29, 0.717) is 11.3 Å². The zero-order valence-electron chi connectivity index (χ0n) is 8.20. The lowest BCUT2D eigenvalue weighted by atomic mass is 10.1. The first-order chi connectivity index (χ1) is 7.69. The van der Waals surface area contributed by atoms with Crippen LogP contribution in [0, 0.1) is 17.1 Å². The molecule has 1 N–H and O–H groups in total. The molecule has 4 heteroatoms. The highest BCUT2D eigenvalue weighted by Crippen LogP contribution is 2.18. The van der Waals surface area contributed by atoms with Gasteiger partial charge in [0, 0.05) is 17.3 Å². The van der Waals surface area contributed by atoms with E-state index in [1.807, 2.05) is 6.07 Å². The van der Waals surface area contributed by atoms with Gasteiger partial charge in [-0.1, -0.05) is 6.07 Å². The van der Waals surface area contributed by atoms with Gasteiger partial charge >= 0.3 is 0 Å². The van der Waals surface area contributed by atoms with Crippen LogP contribution in [0.25, 0.3) is 11.3 Å². The molecule has 0 aliphatic carbocycles. The molecule has 0 fully saturated rings. The minimum atomic E-state index is -0.501. The lowest BCUT2D eigenvalue weighted by Gasteiger charge is -2.01. The summed E-state index contributed by atoms with van der Waals surface area (Å²) in [4.78, 5) is 13.7. The van der Waals surface area contributed by atoms with Crippen molar-refractivity contribution in [3.05, 3.63) is 58.1 Å². The van der Waals surface area contributed by atoms with Crippen LogP contribution in [0.2, 0.25) is 0 Å². The monoisotopic (exact) mass is 214 g/mol. The van der Waals surface area contributed by atoms with Crippen molar-refractivity contribution in [2.45, 2.75) is 0 Å². The van der Waals surface area contributed by atoms with Crippen LogP contribution >= 0.6 is 0 Å². The highest BCUT2D eigenvalue weighted by atomic mass is 19.1. The van der Waals surface area contributed by atoms with Crippen molar-refractivity contribution in [2.24, 2.45) is 0 Å². The summed E-state index contributed by atoms with van der Waals surface area (Å²) in [5, 5.41) is 8.70. The van der Waals surface area contributed by atoms with E-state index in [0.717, 1.165) is 6.07 Å². The van der Waals surface area contributed by atoms with Crippen molar-refractivity contribution in [3.8, 4) is 17.3 Å². The van der Waals surface area contributed by atoms with Gasteiger partial charge < -0.3 is 4.98 Å². The molecule has 16 heavy (non-hydrogen) atoms. The quantitative estimate of drug-likeness (QED) is 0.789. The van der Waals surface area contributed by atoms with E-state index in [4.69, 9.17) is 5.26 Å². The second-order valence-corrected chi connectivity index (χ2v) is 3.27. The maximum Gasteiger partial charge on any atom is 0.248 e. The smallest absolute Gasteiger partial charge is 0.248 e. The third-order valence-corrected chi connectivity index (χ3v) is 2.11. The Balaban J connectivity index is 2.61. The van der Waals surface area contributed by atoms with Gasteiger partial charge in [0.1, 0.15) is 5.82 Å². The molecule has 2 rings (SSSR count). The SMILES string of the molecule is N#Cc1cc(F)cc(-c2cccc(=O)[nH]2)c1. The molecule has 0 spiro atoms. The van der Waals surface area contributed by atoms with Crippen LogP contribution in [0.1, 0.15) is 5.56 Å². The summed E-state index contributed by atoms with van der Waals surface area (Å²) in [5.74, 6) is -0.501. The normalized spacial score (nSPS) is 9.75. The molecule has 0 amide bonds. The number of aromatic nitrogens is 1. The van der Waals surface area contributed by atoms with Crippen LogP contribution in [0.15, 0.2) is 41.2 Å². The fourth-order valence-corrected chi connectivity index (χ4v) is 1.43. The summed E-state index contributed by atoms with van der Waals surface area (Å²) in [7, 11) is 0. The van der Waals surface area contributed by atoms with Crippen LogP contribution in [0.4, 0.5) is 4.39 Å². The zero-order chi connectivity index (χ0) is 11.5. The topological polar surface area (TPSA) is 56.6 Å². The number of nitrogens with one attached hydrogen (secondary N) is 1. The van der Waals surface area contributed by atoms with E-state index in [1.165, 1.54) is 18.2 Å². The van der Waals surface area contributed by atoms with Crippen molar-refractivity contribution in [1.82, 2.24) is 4.98 Å². The molecule has 0 bridgehead atoms. The molecular weight excluding hydrogens is 207 g/mol. The maximum absolute atomic E-state index is 13.2. The Hall–Kier alpha value is -2.41. The highest BCUT2D eigenvalue weighted by Gasteiger charge is 2.03. The second kappa shape index (κ2) is 3.99. The molecule has 0 unspecified atom stereocenters. The number of hydrogen-bond donors (Lipinski definition) is 1. The minimum absolute atomic E-state index is 0.222. The van der Waals surface area contributed by atoms with Crippen molar-refractivity contribution in [2.75, 3.05) is 0 Å². The van der Waals surface area contributed by atoms with Gasteiger partial charge in [-0.3, -0.25) is 4.79 Å². The standard InChI is InChI=1S/C12H7FN2O/c13-10-5-8(7-14)4-9(6-10)11-2-1-3-12(16)15-11/h1-6H,(H,15,16). The number of rotatable bonds is 1. The molecule has 78 valence electrons. The van der Waals surface area contributed by atoms with E-state index in [2.05, 4.69) is 4.98 Å². The van der Waals surface area contributed by atoms with Gasteiger partial charge in [0.15, 0.2) is 0 Å². The summed E-state index contributed by atoms with van der Waals surface area (Å²) >= 11 is 0. The molecule has 0 saturated heterocycles. The molecule has 0 aliphatic heterocycles. The van der Waals surface area contributed by atoms with Gasteiger partial charge in [-0.2, -0.15) is 5.26 Å². The molecule has 0 radical (unpaired) electrons. The Morgan fingerprint density at radius 3 is 2.75 bits per heavy atom. The van der Waals surface area contributed by atoms with Gasteiger partial charge in [0.25, 0.3) is 0 Å². The average Bonchev–Trinajstić information content (AvgIpc) is 2.28. The number of pyridine rings is 1. The molecule has 0 atom stereocenters. The van der Waals surface area contributed by atoms with E-state index >= 15 is 0 Å². The van der Waals surface area contributed by atoms with Gasteiger partial charge in [0.05, 0.1) is 11.6 Å². The van der Waals surface area contributed by atoms with Gasteiger partial charge in [0.2, 0.25) is 5.56 Å². The van der Waals surface area contributed by atoms with E-state index in [9.17, 15) is 9.18 Å². The van der Waals surface area contributed by atoms with Crippen molar-refractivity contribution >= 4 is 0 Å². The summed E-state index contributed by atoms with van der Waals surface area (Å²) in [6.07, 6.45) is 0. The molecule has 0 saturated carbocycles. The predicted octanol–water partition coefficient (Wildman–Crippen LogP) is 2.05. The largest absolute Gasteiger partial charge is 0.322 e. The number of benzene rings is 1. The first-order valence-corrected chi connectivity index (χ1v) is 4.59. The fourth-order valence-electron chi connectivity index (χ4n) is 1.43. The second-order valence-electron chi connectivity index (χ2n) is 3.27. The molecule has 1 heterocycles. The number of nitriles is 1. The minimum Gasteiger partial charge on any atom is -0.322 e.